The van der Waals surface area contributed by atoms with Crippen molar-refractivity contribution in [1.29, 1.82) is 0 Å². The Balaban J connectivity index is 1.85. The van der Waals surface area contributed by atoms with Crippen LogP contribution in [0.1, 0.15) is 43.6 Å². The minimum Gasteiger partial charge on any atom is -0.365 e. The summed E-state index contributed by atoms with van der Waals surface area (Å²) in [6.45, 7) is 2.06. The topological polar surface area (TPSA) is 58.2 Å². The lowest BCUT2D eigenvalue weighted by Gasteiger charge is -2.29. The van der Waals surface area contributed by atoms with Gasteiger partial charge in [-0.15, -0.1) is 0 Å². The van der Waals surface area contributed by atoms with Crippen LogP contribution in [-0.4, -0.2) is 40.0 Å². The second-order valence-electron chi connectivity index (χ2n) is 6.11. The molecular formula is C18H22FN3O2. The molecule has 1 N–H and O–H groups in total. The number of aromatic amines is 1. The molecule has 1 saturated heterocycles. The average molecular weight is 331 g/mol. The summed E-state index contributed by atoms with van der Waals surface area (Å²) in [5.74, 6) is 0.259. The van der Waals surface area contributed by atoms with Crippen molar-refractivity contribution >= 4 is 5.91 Å². The fraction of sp³-hybridized carbons (Fsp3) is 0.444. The van der Waals surface area contributed by atoms with E-state index in [0.717, 1.165) is 24.8 Å². The van der Waals surface area contributed by atoms with E-state index in [0.29, 0.717) is 5.82 Å². The predicted octanol–water partition coefficient (Wildman–Crippen LogP) is 3.05. The number of hydrogen-bond acceptors (Lipinski definition) is 3. The van der Waals surface area contributed by atoms with Gasteiger partial charge in [0.15, 0.2) is 0 Å². The Morgan fingerprint density at radius 1 is 1.42 bits per heavy atom. The van der Waals surface area contributed by atoms with Gasteiger partial charge in [-0.3, -0.25) is 4.79 Å². The number of H-pyrrole nitrogens is 1. The molecule has 1 amide bonds. The highest BCUT2D eigenvalue weighted by Crippen LogP contribution is 2.29. The van der Waals surface area contributed by atoms with Crippen LogP contribution in [0.5, 0.6) is 0 Å². The molecule has 0 bridgehead atoms. The Labute approximate surface area is 140 Å². The van der Waals surface area contributed by atoms with Gasteiger partial charge >= 0.3 is 0 Å². The fourth-order valence-corrected chi connectivity index (χ4v) is 3.18. The smallest absolute Gasteiger partial charge is 0.252 e. The monoisotopic (exact) mass is 331 g/mol. The van der Waals surface area contributed by atoms with Crippen molar-refractivity contribution in [3.8, 4) is 0 Å². The van der Waals surface area contributed by atoms with Crippen LogP contribution in [0.2, 0.25) is 0 Å². The summed E-state index contributed by atoms with van der Waals surface area (Å²) in [5, 5.41) is 0. The largest absolute Gasteiger partial charge is 0.365 e. The summed E-state index contributed by atoms with van der Waals surface area (Å²) in [7, 11) is 1.74. The Morgan fingerprint density at radius 2 is 2.17 bits per heavy atom. The molecule has 0 saturated carbocycles. The molecule has 3 atom stereocenters. The predicted molar refractivity (Wildman–Crippen MR) is 87.8 cm³/mol. The maximum atomic E-state index is 13.3. The van der Waals surface area contributed by atoms with Crippen LogP contribution in [0.4, 0.5) is 4.39 Å². The molecule has 1 aromatic heterocycles. The van der Waals surface area contributed by atoms with Crippen LogP contribution in [0.15, 0.2) is 36.7 Å². The first-order valence-electron chi connectivity index (χ1n) is 8.27. The van der Waals surface area contributed by atoms with Crippen LogP contribution in [0, 0.1) is 5.82 Å². The zero-order chi connectivity index (χ0) is 17.1. The van der Waals surface area contributed by atoms with Crippen molar-refractivity contribution < 1.29 is 13.9 Å². The number of ether oxygens (including phenoxy) is 1. The minimum absolute atomic E-state index is 0.0725. The van der Waals surface area contributed by atoms with E-state index in [9.17, 15) is 9.18 Å². The highest BCUT2D eigenvalue weighted by atomic mass is 19.1. The summed E-state index contributed by atoms with van der Waals surface area (Å²) in [5.41, 5.74) is 0.798. The third-order valence-corrected chi connectivity index (χ3v) is 4.54. The van der Waals surface area contributed by atoms with E-state index in [1.807, 2.05) is 0 Å². The second-order valence-corrected chi connectivity index (χ2v) is 6.11. The second kappa shape index (κ2) is 7.13. The number of hydrogen-bond donors (Lipinski definition) is 1. The third kappa shape index (κ3) is 3.33. The first-order chi connectivity index (χ1) is 11.6. The number of nitrogens with zero attached hydrogens (tertiary/aromatic N) is 2. The number of carbonyl (C=O) groups excluding carboxylic acids is 1. The Kier molecular flexibility index (Phi) is 4.94. The Bertz CT molecular complexity index is 672. The van der Waals surface area contributed by atoms with E-state index in [4.69, 9.17) is 4.74 Å². The van der Waals surface area contributed by atoms with Crippen LogP contribution in [0.3, 0.4) is 0 Å². The van der Waals surface area contributed by atoms with E-state index in [1.165, 1.54) is 12.1 Å². The molecule has 3 rings (SSSR count). The zero-order valence-electron chi connectivity index (χ0n) is 13.9. The van der Waals surface area contributed by atoms with E-state index < -0.39 is 12.1 Å². The lowest BCUT2D eigenvalue weighted by Crippen LogP contribution is -2.39. The molecule has 128 valence electrons. The van der Waals surface area contributed by atoms with Gasteiger partial charge in [0.2, 0.25) is 0 Å². The van der Waals surface area contributed by atoms with Gasteiger partial charge in [-0.25, -0.2) is 9.37 Å². The first-order valence-corrected chi connectivity index (χ1v) is 8.27. The molecule has 1 aliphatic heterocycles. The van der Waals surface area contributed by atoms with E-state index in [-0.39, 0.29) is 17.8 Å². The van der Waals surface area contributed by atoms with Gasteiger partial charge in [0.1, 0.15) is 23.8 Å². The molecule has 1 aliphatic rings. The number of halogens is 1. The number of rotatable bonds is 5. The third-order valence-electron chi connectivity index (χ3n) is 4.54. The van der Waals surface area contributed by atoms with Gasteiger partial charge in [0.25, 0.3) is 5.91 Å². The molecule has 0 unspecified atom stereocenters. The number of nitrogens with one attached hydrogen (secondary N) is 1. The molecule has 24 heavy (non-hydrogen) atoms. The Hall–Kier alpha value is -2.21. The number of aromatic nitrogens is 2. The number of benzene rings is 1. The molecule has 6 heteroatoms. The minimum atomic E-state index is -0.419. The normalized spacial score (nSPS) is 21.6. The quantitative estimate of drug-likeness (QED) is 0.916. The summed E-state index contributed by atoms with van der Waals surface area (Å²) in [4.78, 5) is 21.9. The van der Waals surface area contributed by atoms with Crippen LogP contribution in [-0.2, 0) is 9.53 Å². The van der Waals surface area contributed by atoms with Crippen molar-refractivity contribution in [2.24, 2.45) is 0 Å². The number of amides is 1. The highest BCUT2D eigenvalue weighted by Gasteiger charge is 2.35. The van der Waals surface area contributed by atoms with Gasteiger partial charge in [-0.2, -0.15) is 0 Å². The van der Waals surface area contributed by atoms with E-state index in [2.05, 4.69) is 16.9 Å². The summed E-state index contributed by atoms with van der Waals surface area (Å²) >= 11 is 0. The number of imidazole rings is 1. The maximum absolute atomic E-state index is 13.3. The van der Waals surface area contributed by atoms with E-state index in [1.54, 1.807) is 36.5 Å². The summed E-state index contributed by atoms with van der Waals surface area (Å²) in [6, 6.07) is 5.73. The van der Waals surface area contributed by atoms with Gasteiger partial charge < -0.3 is 14.6 Å². The lowest BCUT2D eigenvalue weighted by atomic mass is 10.0. The van der Waals surface area contributed by atoms with Crippen LogP contribution in [0.25, 0.3) is 0 Å². The zero-order valence-corrected chi connectivity index (χ0v) is 13.9. The molecule has 0 radical (unpaired) electrons. The van der Waals surface area contributed by atoms with Gasteiger partial charge in [-0.1, -0.05) is 19.1 Å². The molecule has 0 aliphatic carbocycles. The van der Waals surface area contributed by atoms with Gasteiger partial charge in [0.05, 0.1) is 6.10 Å². The van der Waals surface area contributed by atoms with Crippen molar-refractivity contribution in [3.05, 3.63) is 53.9 Å². The molecule has 0 spiro atoms. The molecule has 2 aromatic rings. The summed E-state index contributed by atoms with van der Waals surface area (Å²) < 4.78 is 19.1. The van der Waals surface area contributed by atoms with Crippen LogP contribution < -0.4 is 0 Å². The van der Waals surface area contributed by atoms with Crippen molar-refractivity contribution in [2.75, 3.05) is 7.05 Å². The standard InChI is InChI=1S/C18H22FN3O2/c1-3-14-8-9-15(24-14)18(23)22(2)16(17-20-10-11-21-17)12-4-6-13(19)7-5-12/h4-7,10-11,14-16H,3,8-9H2,1-2H3,(H,20,21)/t14-,15-,16-/m1/s1. The van der Waals surface area contributed by atoms with Crippen molar-refractivity contribution in [2.45, 2.75) is 44.4 Å². The lowest BCUT2D eigenvalue weighted by molar-refractivity contribution is -0.143. The van der Waals surface area contributed by atoms with Gasteiger partial charge in [0, 0.05) is 19.4 Å². The van der Waals surface area contributed by atoms with Crippen molar-refractivity contribution in [3.63, 3.8) is 0 Å². The molecule has 1 aromatic carbocycles. The average Bonchev–Trinajstić information content (AvgIpc) is 3.27. The van der Waals surface area contributed by atoms with Gasteiger partial charge in [-0.05, 0) is 37.0 Å². The first kappa shape index (κ1) is 16.6. The SMILES string of the molecule is CC[C@@H]1CC[C@H](C(=O)N(C)[C@H](c2ccc(F)cc2)c2ncc[nH]2)O1. The summed E-state index contributed by atoms with van der Waals surface area (Å²) in [6.07, 6.45) is 5.64. The molecule has 2 heterocycles. The molecule has 5 nitrogen and oxygen atoms in total. The fourth-order valence-electron chi connectivity index (χ4n) is 3.18. The highest BCUT2D eigenvalue weighted by molar-refractivity contribution is 5.81. The Morgan fingerprint density at radius 3 is 2.75 bits per heavy atom. The number of likely N-dealkylation sites (N-methyl/N-ethyl adjacent to an activating group) is 1. The van der Waals surface area contributed by atoms with Crippen LogP contribution >= 0.6 is 0 Å². The van der Waals surface area contributed by atoms with Crippen molar-refractivity contribution in [1.82, 2.24) is 14.9 Å². The number of carbonyl (C=O) groups is 1. The maximum Gasteiger partial charge on any atom is 0.252 e. The molecular weight excluding hydrogens is 309 g/mol. The van der Waals surface area contributed by atoms with E-state index >= 15 is 0 Å². The molecule has 1 fully saturated rings.